The third-order valence-corrected chi connectivity index (χ3v) is 9.60. The van der Waals surface area contributed by atoms with Crippen molar-refractivity contribution in [3.8, 4) is 22.3 Å². The van der Waals surface area contributed by atoms with Gasteiger partial charge in [-0.1, -0.05) is 152 Å². The van der Waals surface area contributed by atoms with Crippen molar-refractivity contribution < 1.29 is 4.42 Å². The molecular weight excluding hydrogens is 607 g/mol. The van der Waals surface area contributed by atoms with Crippen molar-refractivity contribution in [3.05, 3.63) is 194 Å². The standard InChI is InChI=1S/C48H33NO/c1-2-3-13-35-15-8-10-22-45(35)49(40-28-26-34(27-29-40)39-25-24-33-14-4-5-16-36(33)30-39)46-23-11-9-19-41(46)42-20-12-21-43-44-31-37-17-6-7-18-38(37)32-47(44)50-48(42)43/h2-32H,1H2/b13-3-. The van der Waals surface area contributed by atoms with Gasteiger partial charge in [-0.25, -0.2) is 0 Å². The Balaban J connectivity index is 1.23. The number of furan rings is 1. The summed E-state index contributed by atoms with van der Waals surface area (Å²) in [6, 6.07) is 60.6. The Kier molecular flexibility index (Phi) is 7.33. The summed E-state index contributed by atoms with van der Waals surface area (Å²) in [5.41, 5.74) is 10.6. The molecule has 50 heavy (non-hydrogen) atoms. The molecule has 0 radical (unpaired) electrons. The molecule has 0 amide bonds. The third kappa shape index (κ3) is 5.15. The van der Waals surface area contributed by atoms with Gasteiger partial charge in [-0.3, -0.25) is 0 Å². The van der Waals surface area contributed by atoms with Gasteiger partial charge in [0.25, 0.3) is 0 Å². The summed E-state index contributed by atoms with van der Waals surface area (Å²) in [5.74, 6) is 0. The van der Waals surface area contributed by atoms with Gasteiger partial charge in [0, 0.05) is 27.6 Å². The minimum absolute atomic E-state index is 0.886. The van der Waals surface area contributed by atoms with E-state index in [0.29, 0.717) is 0 Å². The summed E-state index contributed by atoms with van der Waals surface area (Å²) in [6.45, 7) is 3.93. The van der Waals surface area contributed by atoms with Crippen LogP contribution in [0.2, 0.25) is 0 Å². The number of hydrogen-bond donors (Lipinski definition) is 0. The van der Waals surface area contributed by atoms with Crippen LogP contribution >= 0.6 is 0 Å². The second-order valence-corrected chi connectivity index (χ2v) is 12.6. The highest BCUT2D eigenvalue weighted by atomic mass is 16.3. The van der Waals surface area contributed by atoms with E-state index < -0.39 is 0 Å². The molecule has 8 aromatic carbocycles. The fraction of sp³-hybridized carbons (Fsp3) is 0. The van der Waals surface area contributed by atoms with Crippen LogP contribution in [0.4, 0.5) is 17.1 Å². The molecule has 0 spiro atoms. The van der Waals surface area contributed by atoms with Crippen molar-refractivity contribution in [2.24, 2.45) is 0 Å². The molecule has 1 heterocycles. The van der Waals surface area contributed by atoms with Gasteiger partial charge in [0.2, 0.25) is 0 Å². The van der Waals surface area contributed by atoms with Crippen LogP contribution < -0.4 is 4.90 Å². The van der Waals surface area contributed by atoms with Gasteiger partial charge < -0.3 is 9.32 Å². The van der Waals surface area contributed by atoms with Gasteiger partial charge in [-0.15, -0.1) is 0 Å². The molecule has 0 aliphatic heterocycles. The monoisotopic (exact) mass is 639 g/mol. The van der Waals surface area contributed by atoms with Crippen molar-refractivity contribution in [2.45, 2.75) is 0 Å². The Bertz CT molecular complexity index is 2730. The first-order chi connectivity index (χ1) is 24.7. The molecule has 9 aromatic rings. The first-order valence-corrected chi connectivity index (χ1v) is 17.0. The number of hydrogen-bond acceptors (Lipinski definition) is 2. The number of benzene rings is 8. The predicted octanol–water partition coefficient (Wildman–Crippen LogP) is 13.9. The molecule has 0 saturated carbocycles. The van der Waals surface area contributed by atoms with E-state index in [1.54, 1.807) is 0 Å². The van der Waals surface area contributed by atoms with Gasteiger partial charge in [-0.05, 0) is 80.7 Å². The van der Waals surface area contributed by atoms with E-state index in [1.165, 1.54) is 32.7 Å². The molecule has 9 rings (SSSR count). The minimum atomic E-state index is 0.886. The van der Waals surface area contributed by atoms with Crippen molar-refractivity contribution in [3.63, 3.8) is 0 Å². The van der Waals surface area contributed by atoms with E-state index in [-0.39, 0.29) is 0 Å². The molecule has 0 N–H and O–H groups in total. The second-order valence-electron chi connectivity index (χ2n) is 12.6. The quantitative estimate of drug-likeness (QED) is 0.161. The minimum Gasteiger partial charge on any atom is -0.455 e. The molecule has 0 bridgehead atoms. The van der Waals surface area contributed by atoms with Crippen LogP contribution in [0.3, 0.4) is 0 Å². The van der Waals surface area contributed by atoms with Crippen LogP contribution in [-0.4, -0.2) is 0 Å². The van der Waals surface area contributed by atoms with Crippen molar-refractivity contribution in [2.75, 3.05) is 4.90 Å². The number of fused-ring (bicyclic) bond motifs is 5. The van der Waals surface area contributed by atoms with Gasteiger partial charge in [-0.2, -0.15) is 0 Å². The van der Waals surface area contributed by atoms with Crippen molar-refractivity contribution in [1.29, 1.82) is 0 Å². The van der Waals surface area contributed by atoms with Crippen LogP contribution in [0.15, 0.2) is 193 Å². The maximum atomic E-state index is 6.72. The topological polar surface area (TPSA) is 16.4 Å². The van der Waals surface area contributed by atoms with Crippen LogP contribution in [0.5, 0.6) is 0 Å². The van der Waals surface area contributed by atoms with Crippen LogP contribution in [0, 0.1) is 0 Å². The van der Waals surface area contributed by atoms with Crippen LogP contribution in [0.25, 0.3) is 71.8 Å². The Hall–Kier alpha value is -6.64. The summed E-state index contributed by atoms with van der Waals surface area (Å²) in [6.07, 6.45) is 5.93. The molecule has 2 nitrogen and oxygen atoms in total. The molecule has 0 aliphatic rings. The highest BCUT2D eigenvalue weighted by Gasteiger charge is 2.21. The first-order valence-electron chi connectivity index (χ1n) is 17.0. The molecule has 0 fully saturated rings. The average Bonchev–Trinajstić information content (AvgIpc) is 3.54. The molecular formula is C48H33NO. The Morgan fingerprint density at radius 3 is 1.92 bits per heavy atom. The molecule has 0 saturated heterocycles. The summed E-state index contributed by atoms with van der Waals surface area (Å²) in [4.78, 5) is 2.36. The first kappa shape index (κ1) is 29.5. The van der Waals surface area contributed by atoms with Crippen molar-refractivity contribution in [1.82, 2.24) is 0 Å². The van der Waals surface area contributed by atoms with Gasteiger partial charge in [0.05, 0.1) is 11.4 Å². The number of nitrogens with zero attached hydrogens (tertiary/aromatic N) is 1. The van der Waals surface area contributed by atoms with Crippen LogP contribution in [-0.2, 0) is 0 Å². The number of allylic oxidation sites excluding steroid dienone is 2. The van der Waals surface area contributed by atoms with E-state index in [1.807, 2.05) is 12.2 Å². The third-order valence-electron chi connectivity index (χ3n) is 9.60. The maximum absolute atomic E-state index is 6.72. The molecule has 1 aromatic heterocycles. The summed E-state index contributed by atoms with van der Waals surface area (Å²) in [5, 5.41) is 7.09. The maximum Gasteiger partial charge on any atom is 0.143 e. The lowest BCUT2D eigenvalue weighted by Crippen LogP contribution is -2.12. The predicted molar refractivity (Wildman–Crippen MR) is 214 cm³/mol. The lowest BCUT2D eigenvalue weighted by Gasteiger charge is -2.29. The second kappa shape index (κ2) is 12.4. The highest BCUT2D eigenvalue weighted by molar-refractivity contribution is 6.14. The zero-order valence-corrected chi connectivity index (χ0v) is 27.5. The lowest BCUT2D eigenvalue weighted by molar-refractivity contribution is 0.670. The Morgan fingerprint density at radius 1 is 0.480 bits per heavy atom. The molecule has 0 aliphatic carbocycles. The van der Waals surface area contributed by atoms with E-state index >= 15 is 0 Å². The largest absolute Gasteiger partial charge is 0.455 e. The van der Waals surface area contributed by atoms with Crippen LogP contribution in [0.1, 0.15) is 5.56 Å². The molecule has 2 heteroatoms. The molecule has 0 atom stereocenters. The van der Waals surface area contributed by atoms with E-state index in [2.05, 4.69) is 187 Å². The zero-order valence-electron chi connectivity index (χ0n) is 27.5. The average molecular weight is 640 g/mol. The van der Waals surface area contributed by atoms with Gasteiger partial charge in [0.1, 0.15) is 11.2 Å². The normalized spacial score (nSPS) is 11.6. The SMILES string of the molecule is C=C/C=C\c1ccccc1N(c1ccc(-c2ccc3ccccc3c2)cc1)c1ccccc1-c1cccc2c1oc1cc3ccccc3cc12. The van der Waals surface area contributed by atoms with E-state index in [4.69, 9.17) is 4.42 Å². The Morgan fingerprint density at radius 2 is 1.12 bits per heavy atom. The van der Waals surface area contributed by atoms with Gasteiger partial charge in [0.15, 0.2) is 0 Å². The van der Waals surface area contributed by atoms with Crippen molar-refractivity contribution >= 4 is 66.6 Å². The summed E-state index contributed by atoms with van der Waals surface area (Å²) < 4.78 is 6.72. The Labute approximate surface area is 291 Å². The number of rotatable bonds is 7. The number of para-hydroxylation sites is 3. The molecule has 236 valence electrons. The van der Waals surface area contributed by atoms with Gasteiger partial charge >= 0.3 is 0 Å². The lowest BCUT2D eigenvalue weighted by atomic mass is 9.97. The fourth-order valence-corrected chi connectivity index (χ4v) is 7.18. The number of anilines is 3. The zero-order chi connectivity index (χ0) is 33.4. The summed E-state index contributed by atoms with van der Waals surface area (Å²) in [7, 11) is 0. The fourth-order valence-electron chi connectivity index (χ4n) is 7.18. The van der Waals surface area contributed by atoms with E-state index in [0.717, 1.165) is 55.7 Å². The molecule has 0 unspecified atom stereocenters. The highest BCUT2D eigenvalue weighted by Crippen LogP contribution is 2.45. The van der Waals surface area contributed by atoms with E-state index in [9.17, 15) is 0 Å². The summed E-state index contributed by atoms with van der Waals surface area (Å²) >= 11 is 0. The smallest absolute Gasteiger partial charge is 0.143 e.